The average molecular weight is 879 g/mol. The van der Waals surface area contributed by atoms with Gasteiger partial charge in [0.2, 0.25) is 0 Å². The number of carbonyl (C=O) groups is 3. The smallest absolute Gasteiger partial charge is 0.306 e. The Morgan fingerprint density at radius 3 is 1.06 bits per heavy atom. The molecule has 0 fully saturated rings. The molecule has 0 heterocycles. The second-order valence-corrected chi connectivity index (χ2v) is 17.4. The van der Waals surface area contributed by atoms with Gasteiger partial charge in [-0.2, -0.15) is 0 Å². The van der Waals surface area contributed by atoms with Crippen molar-refractivity contribution < 1.29 is 28.6 Å². The standard InChI is InChI=1S/C57H98O6/c1-4-7-10-13-16-19-22-25-27-28-30-32-35-38-41-44-47-50-56(59)62-53-54(52-61-55(58)49-46-43-40-37-34-31-24-21-18-15-12-9-6-3)63-57(60)51-48-45-42-39-36-33-29-26-23-20-17-14-11-8-5-2/h7,10,16,19-20,23,25,27,30,32,38,41,54H,4-6,8-9,11-15,17-18,21-22,24,26,28-29,31,33-37,39-40,42-53H2,1-3H3/b10-7-,19-16-,23-20-,27-25-,32-30-,41-38-/t54-/m0/s1. The third-order valence-corrected chi connectivity index (χ3v) is 11.2. The molecule has 0 aromatic carbocycles. The van der Waals surface area contributed by atoms with Crippen LogP contribution in [0.2, 0.25) is 0 Å². The Morgan fingerprint density at radius 2 is 0.635 bits per heavy atom. The van der Waals surface area contributed by atoms with Gasteiger partial charge in [-0.15, -0.1) is 0 Å². The zero-order valence-electron chi connectivity index (χ0n) is 41.3. The highest BCUT2D eigenvalue weighted by Gasteiger charge is 2.19. The molecule has 362 valence electrons. The fraction of sp³-hybridized carbons (Fsp3) is 0.737. The molecule has 0 bridgehead atoms. The van der Waals surface area contributed by atoms with Crippen LogP contribution in [0.5, 0.6) is 0 Å². The lowest BCUT2D eigenvalue weighted by atomic mass is 10.0. The van der Waals surface area contributed by atoms with Crippen LogP contribution >= 0.6 is 0 Å². The van der Waals surface area contributed by atoms with Crippen molar-refractivity contribution in [2.75, 3.05) is 13.2 Å². The van der Waals surface area contributed by atoms with Gasteiger partial charge in [-0.1, -0.05) is 222 Å². The third-order valence-electron chi connectivity index (χ3n) is 11.2. The molecule has 6 nitrogen and oxygen atoms in total. The summed E-state index contributed by atoms with van der Waals surface area (Å²) in [5, 5.41) is 0. The van der Waals surface area contributed by atoms with Crippen molar-refractivity contribution in [3.05, 3.63) is 72.9 Å². The Bertz CT molecular complexity index is 1190. The molecule has 0 aliphatic heterocycles. The van der Waals surface area contributed by atoms with E-state index in [4.69, 9.17) is 14.2 Å². The van der Waals surface area contributed by atoms with E-state index in [9.17, 15) is 14.4 Å². The van der Waals surface area contributed by atoms with Crippen molar-refractivity contribution in [2.45, 2.75) is 258 Å². The summed E-state index contributed by atoms with van der Waals surface area (Å²) in [6.07, 6.45) is 64.6. The minimum atomic E-state index is -0.798. The molecule has 0 aliphatic carbocycles. The van der Waals surface area contributed by atoms with Crippen molar-refractivity contribution >= 4 is 17.9 Å². The number of carbonyl (C=O) groups excluding carboxylic acids is 3. The van der Waals surface area contributed by atoms with Crippen LogP contribution in [0.3, 0.4) is 0 Å². The van der Waals surface area contributed by atoms with Gasteiger partial charge in [-0.3, -0.25) is 14.4 Å². The Balaban J connectivity index is 4.47. The summed E-state index contributed by atoms with van der Waals surface area (Å²) >= 11 is 0. The van der Waals surface area contributed by atoms with Crippen LogP contribution in [0.15, 0.2) is 72.9 Å². The maximum atomic E-state index is 12.8. The van der Waals surface area contributed by atoms with E-state index < -0.39 is 6.10 Å². The second kappa shape index (κ2) is 51.5. The van der Waals surface area contributed by atoms with Crippen molar-refractivity contribution in [3.8, 4) is 0 Å². The number of allylic oxidation sites excluding steroid dienone is 12. The van der Waals surface area contributed by atoms with E-state index in [0.29, 0.717) is 19.3 Å². The minimum absolute atomic E-state index is 0.0929. The minimum Gasteiger partial charge on any atom is -0.462 e. The summed E-state index contributed by atoms with van der Waals surface area (Å²) in [7, 11) is 0. The van der Waals surface area contributed by atoms with E-state index in [-0.39, 0.29) is 37.5 Å². The van der Waals surface area contributed by atoms with Crippen molar-refractivity contribution in [1.82, 2.24) is 0 Å². The number of hydrogen-bond acceptors (Lipinski definition) is 6. The quantitative estimate of drug-likeness (QED) is 0.0262. The Kier molecular flexibility index (Phi) is 48.9. The molecule has 0 N–H and O–H groups in total. The molecule has 1 atom stereocenters. The van der Waals surface area contributed by atoms with E-state index >= 15 is 0 Å². The molecule has 0 rings (SSSR count). The maximum Gasteiger partial charge on any atom is 0.306 e. The average Bonchev–Trinajstić information content (AvgIpc) is 3.28. The van der Waals surface area contributed by atoms with Gasteiger partial charge in [-0.05, 0) is 83.5 Å². The van der Waals surface area contributed by atoms with E-state index in [1.54, 1.807) is 0 Å². The molecule has 63 heavy (non-hydrogen) atoms. The summed E-state index contributed by atoms with van der Waals surface area (Å²) in [5.41, 5.74) is 0. The normalized spacial score (nSPS) is 12.6. The van der Waals surface area contributed by atoms with Crippen molar-refractivity contribution in [3.63, 3.8) is 0 Å². The van der Waals surface area contributed by atoms with Crippen LogP contribution in [0, 0.1) is 0 Å². The lowest BCUT2D eigenvalue weighted by Gasteiger charge is -2.18. The van der Waals surface area contributed by atoms with Gasteiger partial charge < -0.3 is 14.2 Å². The zero-order chi connectivity index (χ0) is 45.8. The van der Waals surface area contributed by atoms with Gasteiger partial charge >= 0.3 is 17.9 Å². The van der Waals surface area contributed by atoms with E-state index in [1.165, 1.54) is 128 Å². The predicted octanol–water partition coefficient (Wildman–Crippen LogP) is 17.4. The molecular formula is C57H98O6. The highest BCUT2D eigenvalue weighted by molar-refractivity contribution is 5.71. The number of rotatable bonds is 47. The molecule has 0 saturated carbocycles. The van der Waals surface area contributed by atoms with E-state index in [2.05, 4.69) is 93.7 Å². The van der Waals surface area contributed by atoms with Crippen LogP contribution in [-0.2, 0) is 28.6 Å². The first-order valence-corrected chi connectivity index (χ1v) is 26.4. The molecule has 0 saturated heterocycles. The highest BCUT2D eigenvalue weighted by Crippen LogP contribution is 2.15. The molecule has 0 radical (unpaired) electrons. The fourth-order valence-electron chi connectivity index (χ4n) is 7.24. The topological polar surface area (TPSA) is 78.9 Å². The molecule has 0 amide bonds. The van der Waals surface area contributed by atoms with Crippen LogP contribution in [0.4, 0.5) is 0 Å². The second-order valence-electron chi connectivity index (χ2n) is 17.4. The first-order chi connectivity index (χ1) is 31.0. The Hall–Kier alpha value is -3.15. The highest BCUT2D eigenvalue weighted by atomic mass is 16.6. The molecule has 6 heteroatoms. The third kappa shape index (κ3) is 49.7. The number of ether oxygens (including phenoxy) is 3. The van der Waals surface area contributed by atoms with E-state index in [0.717, 1.165) is 77.0 Å². The van der Waals surface area contributed by atoms with E-state index in [1.807, 2.05) is 0 Å². The predicted molar refractivity (Wildman–Crippen MR) is 270 cm³/mol. The molecule has 0 aliphatic rings. The van der Waals surface area contributed by atoms with Crippen molar-refractivity contribution in [1.29, 1.82) is 0 Å². The van der Waals surface area contributed by atoms with Gasteiger partial charge in [0, 0.05) is 19.3 Å². The number of esters is 3. The summed E-state index contributed by atoms with van der Waals surface area (Å²) < 4.78 is 16.8. The van der Waals surface area contributed by atoms with Gasteiger partial charge in [-0.25, -0.2) is 0 Å². The van der Waals surface area contributed by atoms with Gasteiger partial charge in [0.05, 0.1) is 0 Å². The summed E-state index contributed by atoms with van der Waals surface area (Å²) in [6.45, 7) is 6.47. The van der Waals surface area contributed by atoms with Gasteiger partial charge in [0.1, 0.15) is 13.2 Å². The first-order valence-electron chi connectivity index (χ1n) is 26.4. The summed E-state index contributed by atoms with van der Waals surface area (Å²) in [6, 6.07) is 0. The zero-order valence-corrected chi connectivity index (χ0v) is 41.3. The SMILES string of the molecule is CC/C=C\C/C=C\C/C=C\C/C=C\C/C=C\CCCC(=O)OC[C@H](COC(=O)CCCCCCCCCCCCCCC)OC(=O)CCCCCCCCC/C=C\CCCCCC. The molecule has 0 aromatic rings. The molecular weight excluding hydrogens is 781 g/mol. The summed E-state index contributed by atoms with van der Waals surface area (Å²) in [4.78, 5) is 38.0. The van der Waals surface area contributed by atoms with Crippen molar-refractivity contribution in [2.24, 2.45) is 0 Å². The molecule has 0 spiro atoms. The fourth-order valence-corrected chi connectivity index (χ4v) is 7.24. The Labute approximate surface area is 389 Å². The number of hydrogen-bond donors (Lipinski definition) is 0. The first kappa shape index (κ1) is 59.9. The monoisotopic (exact) mass is 879 g/mol. The van der Waals surface area contributed by atoms with Crippen LogP contribution < -0.4 is 0 Å². The van der Waals surface area contributed by atoms with Crippen LogP contribution in [-0.4, -0.2) is 37.2 Å². The lowest BCUT2D eigenvalue weighted by Crippen LogP contribution is -2.30. The molecule has 0 unspecified atom stereocenters. The number of unbranched alkanes of at least 4 members (excludes halogenated alkanes) is 24. The maximum absolute atomic E-state index is 12.8. The molecule has 0 aromatic heterocycles. The van der Waals surface area contributed by atoms with Crippen LogP contribution in [0.25, 0.3) is 0 Å². The Morgan fingerprint density at radius 1 is 0.333 bits per heavy atom. The lowest BCUT2D eigenvalue weighted by molar-refractivity contribution is -0.167. The van der Waals surface area contributed by atoms with Crippen LogP contribution in [0.1, 0.15) is 252 Å². The van der Waals surface area contributed by atoms with Gasteiger partial charge in [0.15, 0.2) is 6.10 Å². The van der Waals surface area contributed by atoms with Gasteiger partial charge in [0.25, 0.3) is 0 Å². The summed E-state index contributed by atoms with van der Waals surface area (Å²) in [5.74, 6) is -0.954. The largest absolute Gasteiger partial charge is 0.462 e.